The summed E-state index contributed by atoms with van der Waals surface area (Å²) in [7, 11) is 0. The van der Waals surface area contributed by atoms with E-state index in [0.29, 0.717) is 18.1 Å². The molecule has 0 spiro atoms. The van der Waals surface area contributed by atoms with Crippen molar-refractivity contribution in [2.75, 3.05) is 0 Å². The number of Topliss-reactive ketones (excluding diaryl/α,β-unsaturated/α-hetero) is 1. The monoisotopic (exact) mass is 182 g/mol. The first-order chi connectivity index (χ1) is 6.02. The highest BCUT2D eigenvalue weighted by Gasteiger charge is 2.49. The molecule has 0 aliphatic heterocycles. The fraction of sp³-hybridized carbons (Fsp3) is 0.909. The Morgan fingerprint density at radius 3 is 2.69 bits per heavy atom. The molecule has 2 heteroatoms. The van der Waals surface area contributed by atoms with Gasteiger partial charge in [-0.1, -0.05) is 13.8 Å². The van der Waals surface area contributed by atoms with Crippen LogP contribution in [0.4, 0.5) is 0 Å². The Labute approximate surface area is 79.3 Å². The minimum absolute atomic E-state index is 0.0382. The molecule has 0 saturated heterocycles. The fourth-order valence-corrected chi connectivity index (χ4v) is 3.11. The zero-order chi connectivity index (χ0) is 9.64. The second kappa shape index (κ2) is 2.81. The van der Waals surface area contributed by atoms with Gasteiger partial charge in [-0.25, -0.2) is 0 Å². The van der Waals surface area contributed by atoms with E-state index in [9.17, 15) is 9.90 Å². The minimum atomic E-state index is -0.354. The van der Waals surface area contributed by atoms with E-state index >= 15 is 0 Å². The van der Waals surface area contributed by atoms with Crippen LogP contribution in [-0.2, 0) is 4.79 Å². The third-order valence-electron chi connectivity index (χ3n) is 4.01. The molecule has 0 aromatic heterocycles. The minimum Gasteiger partial charge on any atom is -0.392 e. The van der Waals surface area contributed by atoms with E-state index in [-0.39, 0.29) is 17.4 Å². The van der Waals surface area contributed by atoms with Crippen LogP contribution in [0.5, 0.6) is 0 Å². The van der Waals surface area contributed by atoms with Gasteiger partial charge in [-0.05, 0) is 30.6 Å². The zero-order valence-electron chi connectivity index (χ0n) is 8.42. The van der Waals surface area contributed by atoms with Crippen molar-refractivity contribution in [1.82, 2.24) is 0 Å². The molecule has 2 fully saturated rings. The van der Waals surface area contributed by atoms with Gasteiger partial charge in [0.2, 0.25) is 0 Å². The van der Waals surface area contributed by atoms with Crippen LogP contribution in [0.2, 0.25) is 0 Å². The highest BCUT2D eigenvalue weighted by Crippen LogP contribution is 2.50. The first-order valence-corrected chi connectivity index (χ1v) is 5.23. The number of hydrogen-bond donors (Lipinski definition) is 1. The smallest absolute Gasteiger partial charge is 0.138 e. The summed E-state index contributed by atoms with van der Waals surface area (Å²) in [6.07, 6.45) is 3.19. The van der Waals surface area contributed by atoms with E-state index in [1.54, 1.807) is 0 Å². The Morgan fingerprint density at radius 2 is 2.08 bits per heavy atom. The van der Waals surface area contributed by atoms with Crippen LogP contribution >= 0.6 is 0 Å². The highest BCUT2D eigenvalue weighted by molar-refractivity contribution is 5.84. The average Bonchev–Trinajstić information content (AvgIpc) is 2.42. The van der Waals surface area contributed by atoms with Crippen molar-refractivity contribution in [3.8, 4) is 0 Å². The van der Waals surface area contributed by atoms with Gasteiger partial charge in [-0.2, -0.15) is 0 Å². The standard InChI is InChI=1S/C11H18O2/c1-11(2)6-5-9(13)10-7(11)3-4-8(10)12/h7,9-10,13H,3-6H2,1-2H3. The molecule has 0 aromatic carbocycles. The highest BCUT2D eigenvalue weighted by atomic mass is 16.3. The molecule has 0 bridgehead atoms. The van der Waals surface area contributed by atoms with E-state index in [4.69, 9.17) is 0 Å². The molecular formula is C11H18O2. The number of fused-ring (bicyclic) bond motifs is 1. The summed E-state index contributed by atoms with van der Waals surface area (Å²) in [4.78, 5) is 11.5. The topological polar surface area (TPSA) is 37.3 Å². The predicted molar refractivity (Wildman–Crippen MR) is 50.2 cm³/mol. The molecule has 2 nitrogen and oxygen atoms in total. The van der Waals surface area contributed by atoms with Crippen molar-refractivity contribution in [3.05, 3.63) is 0 Å². The number of hydrogen-bond acceptors (Lipinski definition) is 2. The van der Waals surface area contributed by atoms with Crippen molar-refractivity contribution in [2.24, 2.45) is 17.3 Å². The summed E-state index contributed by atoms with van der Waals surface area (Å²) in [5.41, 5.74) is 0.260. The van der Waals surface area contributed by atoms with Gasteiger partial charge in [-0.15, -0.1) is 0 Å². The lowest BCUT2D eigenvalue weighted by Crippen LogP contribution is -2.42. The van der Waals surface area contributed by atoms with Gasteiger partial charge in [0.05, 0.1) is 6.10 Å². The Kier molecular flexibility index (Phi) is 1.99. The number of ketones is 1. The quantitative estimate of drug-likeness (QED) is 0.620. The van der Waals surface area contributed by atoms with Gasteiger partial charge in [0, 0.05) is 12.3 Å². The molecule has 3 unspecified atom stereocenters. The van der Waals surface area contributed by atoms with E-state index in [0.717, 1.165) is 19.3 Å². The molecule has 0 heterocycles. The summed E-state index contributed by atoms with van der Waals surface area (Å²) in [5.74, 6) is 0.692. The van der Waals surface area contributed by atoms with Crippen LogP contribution in [0, 0.1) is 17.3 Å². The second-order valence-corrected chi connectivity index (χ2v) is 5.23. The van der Waals surface area contributed by atoms with Crippen LogP contribution in [0.15, 0.2) is 0 Å². The number of carbonyl (C=O) groups excluding carboxylic acids is 1. The maximum atomic E-state index is 11.5. The third-order valence-corrected chi connectivity index (χ3v) is 4.01. The van der Waals surface area contributed by atoms with Crippen LogP contribution in [0.3, 0.4) is 0 Å². The van der Waals surface area contributed by atoms with Crippen LogP contribution in [-0.4, -0.2) is 17.0 Å². The lowest BCUT2D eigenvalue weighted by atomic mass is 9.64. The molecule has 1 N–H and O–H groups in total. The van der Waals surface area contributed by atoms with E-state index in [2.05, 4.69) is 13.8 Å². The van der Waals surface area contributed by atoms with E-state index in [1.807, 2.05) is 0 Å². The molecule has 2 aliphatic rings. The van der Waals surface area contributed by atoms with Crippen molar-refractivity contribution in [1.29, 1.82) is 0 Å². The van der Waals surface area contributed by atoms with E-state index < -0.39 is 0 Å². The number of aliphatic hydroxyl groups excluding tert-OH is 1. The summed E-state index contributed by atoms with van der Waals surface area (Å²) in [6, 6.07) is 0. The lowest BCUT2D eigenvalue weighted by molar-refractivity contribution is -0.128. The maximum absolute atomic E-state index is 11.5. The van der Waals surface area contributed by atoms with E-state index in [1.165, 1.54) is 0 Å². The summed E-state index contributed by atoms with van der Waals surface area (Å²) in [5, 5.41) is 9.76. The second-order valence-electron chi connectivity index (χ2n) is 5.23. The molecule has 0 radical (unpaired) electrons. The predicted octanol–water partition coefficient (Wildman–Crippen LogP) is 1.76. The molecule has 3 atom stereocenters. The van der Waals surface area contributed by atoms with Crippen molar-refractivity contribution in [2.45, 2.75) is 45.6 Å². The normalized spacial score (nSPS) is 43.3. The van der Waals surface area contributed by atoms with Crippen LogP contribution in [0.25, 0.3) is 0 Å². The van der Waals surface area contributed by atoms with Gasteiger partial charge in [-0.3, -0.25) is 4.79 Å². The Hall–Kier alpha value is -0.370. The van der Waals surface area contributed by atoms with Crippen molar-refractivity contribution in [3.63, 3.8) is 0 Å². The Balaban J connectivity index is 2.26. The molecule has 2 rings (SSSR count). The first kappa shape index (κ1) is 9.20. The molecule has 2 saturated carbocycles. The van der Waals surface area contributed by atoms with Crippen LogP contribution < -0.4 is 0 Å². The number of rotatable bonds is 0. The Bertz CT molecular complexity index is 232. The summed E-state index contributed by atoms with van der Waals surface area (Å²) < 4.78 is 0. The number of carbonyl (C=O) groups is 1. The molecule has 0 amide bonds. The third kappa shape index (κ3) is 1.32. The van der Waals surface area contributed by atoms with Gasteiger partial charge in [0.25, 0.3) is 0 Å². The van der Waals surface area contributed by atoms with Crippen molar-refractivity contribution >= 4 is 5.78 Å². The summed E-state index contributed by atoms with van der Waals surface area (Å²) >= 11 is 0. The molecule has 74 valence electrons. The number of aliphatic hydroxyl groups is 1. The average molecular weight is 182 g/mol. The van der Waals surface area contributed by atoms with Crippen molar-refractivity contribution < 1.29 is 9.90 Å². The lowest BCUT2D eigenvalue weighted by Gasteiger charge is -2.42. The Morgan fingerprint density at radius 1 is 1.38 bits per heavy atom. The largest absolute Gasteiger partial charge is 0.392 e. The fourth-order valence-electron chi connectivity index (χ4n) is 3.11. The van der Waals surface area contributed by atoms with Gasteiger partial charge < -0.3 is 5.11 Å². The molecule has 13 heavy (non-hydrogen) atoms. The van der Waals surface area contributed by atoms with Crippen LogP contribution in [0.1, 0.15) is 39.5 Å². The van der Waals surface area contributed by atoms with Gasteiger partial charge in [0.15, 0.2) is 0 Å². The first-order valence-electron chi connectivity index (χ1n) is 5.23. The zero-order valence-corrected chi connectivity index (χ0v) is 8.42. The SMILES string of the molecule is CC1(C)CCC(O)C2C(=O)CCC21. The molecule has 0 aromatic rings. The maximum Gasteiger partial charge on any atom is 0.138 e. The molecular weight excluding hydrogens is 164 g/mol. The summed E-state index contributed by atoms with van der Waals surface area (Å²) in [6.45, 7) is 4.46. The van der Waals surface area contributed by atoms with Gasteiger partial charge >= 0.3 is 0 Å². The molecule has 2 aliphatic carbocycles. The van der Waals surface area contributed by atoms with Gasteiger partial charge in [0.1, 0.15) is 5.78 Å².